The van der Waals surface area contributed by atoms with E-state index in [-0.39, 0.29) is 30.1 Å². The molecule has 1 aromatic rings. The summed E-state index contributed by atoms with van der Waals surface area (Å²) in [5.41, 5.74) is -0.0337. The number of carbonyl (C=O) groups is 2. The summed E-state index contributed by atoms with van der Waals surface area (Å²) in [7, 11) is 1.36. The number of hydrogen-bond acceptors (Lipinski definition) is 6. The monoisotopic (exact) mass is 322 g/mol. The number of nitro benzene ring substituents is 1. The highest BCUT2D eigenvalue weighted by atomic mass is 16.6. The Morgan fingerprint density at radius 1 is 1.26 bits per heavy atom. The van der Waals surface area contributed by atoms with E-state index < -0.39 is 4.92 Å². The van der Waals surface area contributed by atoms with Gasteiger partial charge in [0.25, 0.3) is 11.6 Å². The minimum absolute atomic E-state index is 0.0337. The van der Waals surface area contributed by atoms with Crippen LogP contribution in [0.1, 0.15) is 12.8 Å². The Morgan fingerprint density at radius 2 is 1.87 bits per heavy atom. The molecule has 1 aliphatic rings. The number of amides is 1. The Hall–Kier alpha value is -2.64. The molecular weight excluding hydrogens is 304 g/mol. The second-order valence-corrected chi connectivity index (χ2v) is 5.22. The largest absolute Gasteiger partial charge is 0.484 e. The van der Waals surface area contributed by atoms with Crippen molar-refractivity contribution in [2.45, 2.75) is 12.8 Å². The van der Waals surface area contributed by atoms with Crippen LogP contribution in [0.3, 0.4) is 0 Å². The second kappa shape index (κ2) is 7.57. The molecule has 0 radical (unpaired) electrons. The van der Waals surface area contributed by atoms with Gasteiger partial charge in [0.05, 0.1) is 18.0 Å². The predicted octanol–water partition coefficient (Wildman–Crippen LogP) is 1.39. The fourth-order valence-corrected chi connectivity index (χ4v) is 2.43. The molecule has 0 aliphatic carbocycles. The van der Waals surface area contributed by atoms with Crippen molar-refractivity contribution in [1.82, 2.24) is 4.90 Å². The highest BCUT2D eigenvalue weighted by molar-refractivity contribution is 5.78. The van der Waals surface area contributed by atoms with Gasteiger partial charge in [-0.1, -0.05) is 0 Å². The lowest BCUT2D eigenvalue weighted by molar-refractivity contribution is -0.384. The van der Waals surface area contributed by atoms with E-state index in [1.165, 1.54) is 31.4 Å². The standard InChI is InChI=1S/C15H18N2O6/c1-22-15(19)11-6-8-16(9-7-11)14(18)10-23-13-4-2-12(3-5-13)17(20)21/h2-5,11H,6-10H2,1H3. The molecule has 1 amide bonds. The molecule has 2 rings (SSSR count). The van der Waals surface area contributed by atoms with Crippen molar-refractivity contribution in [2.24, 2.45) is 5.92 Å². The lowest BCUT2D eigenvalue weighted by Gasteiger charge is -2.30. The number of likely N-dealkylation sites (tertiary alicyclic amines) is 1. The molecule has 0 unspecified atom stereocenters. The van der Waals surface area contributed by atoms with E-state index in [9.17, 15) is 19.7 Å². The molecule has 1 aliphatic heterocycles. The number of non-ortho nitro benzene ring substituents is 1. The van der Waals surface area contributed by atoms with Gasteiger partial charge < -0.3 is 14.4 Å². The number of piperidine rings is 1. The van der Waals surface area contributed by atoms with E-state index in [4.69, 9.17) is 9.47 Å². The first-order chi connectivity index (χ1) is 11.0. The van der Waals surface area contributed by atoms with E-state index in [0.717, 1.165) is 0 Å². The maximum atomic E-state index is 12.1. The fourth-order valence-electron chi connectivity index (χ4n) is 2.43. The number of nitro groups is 1. The van der Waals surface area contributed by atoms with Gasteiger partial charge in [-0.3, -0.25) is 19.7 Å². The third-order valence-electron chi connectivity index (χ3n) is 3.79. The molecule has 124 valence electrons. The average Bonchev–Trinajstić information content (AvgIpc) is 2.59. The lowest BCUT2D eigenvalue weighted by atomic mass is 9.97. The molecule has 8 heteroatoms. The van der Waals surface area contributed by atoms with Crippen LogP contribution in [0.2, 0.25) is 0 Å². The molecule has 1 saturated heterocycles. The van der Waals surface area contributed by atoms with Crippen molar-refractivity contribution in [2.75, 3.05) is 26.8 Å². The number of carbonyl (C=O) groups excluding carboxylic acids is 2. The van der Waals surface area contributed by atoms with Crippen LogP contribution >= 0.6 is 0 Å². The lowest BCUT2D eigenvalue weighted by Crippen LogP contribution is -2.42. The van der Waals surface area contributed by atoms with Crippen LogP contribution < -0.4 is 4.74 Å². The first-order valence-corrected chi connectivity index (χ1v) is 7.24. The van der Waals surface area contributed by atoms with Gasteiger partial charge in [0.2, 0.25) is 0 Å². The highest BCUT2D eigenvalue weighted by Gasteiger charge is 2.27. The number of nitrogens with zero attached hydrogens (tertiary/aromatic N) is 2. The molecule has 0 N–H and O–H groups in total. The topological polar surface area (TPSA) is 99.0 Å². The molecule has 23 heavy (non-hydrogen) atoms. The molecule has 8 nitrogen and oxygen atoms in total. The van der Waals surface area contributed by atoms with Crippen molar-refractivity contribution in [3.63, 3.8) is 0 Å². The zero-order chi connectivity index (χ0) is 16.8. The molecule has 0 atom stereocenters. The van der Waals surface area contributed by atoms with E-state index in [1.807, 2.05) is 0 Å². The van der Waals surface area contributed by atoms with Gasteiger partial charge in [0.15, 0.2) is 6.61 Å². The molecule has 1 fully saturated rings. The smallest absolute Gasteiger partial charge is 0.308 e. The summed E-state index contributed by atoms with van der Waals surface area (Å²) < 4.78 is 10.0. The van der Waals surface area contributed by atoms with Crippen LogP contribution in [0.5, 0.6) is 5.75 Å². The van der Waals surface area contributed by atoms with Crippen molar-refractivity contribution < 1.29 is 24.0 Å². The Bertz CT molecular complexity index is 578. The first kappa shape index (κ1) is 16.7. The van der Waals surface area contributed by atoms with Crippen LogP contribution in [0.15, 0.2) is 24.3 Å². The van der Waals surface area contributed by atoms with Crippen LogP contribution in [0.4, 0.5) is 5.69 Å². The Kier molecular flexibility index (Phi) is 5.51. The zero-order valence-electron chi connectivity index (χ0n) is 12.8. The van der Waals surface area contributed by atoms with Crippen LogP contribution in [-0.2, 0) is 14.3 Å². The number of methoxy groups -OCH3 is 1. The van der Waals surface area contributed by atoms with Gasteiger partial charge in [-0.15, -0.1) is 0 Å². The van der Waals surface area contributed by atoms with E-state index in [0.29, 0.717) is 31.7 Å². The van der Waals surface area contributed by atoms with Gasteiger partial charge in [-0.2, -0.15) is 0 Å². The van der Waals surface area contributed by atoms with Crippen LogP contribution in [0, 0.1) is 16.0 Å². The molecule has 1 heterocycles. The van der Waals surface area contributed by atoms with Crippen molar-refractivity contribution >= 4 is 17.6 Å². The SMILES string of the molecule is COC(=O)C1CCN(C(=O)COc2ccc([N+](=O)[O-])cc2)CC1. The van der Waals surface area contributed by atoms with Gasteiger partial charge >= 0.3 is 5.97 Å². The van der Waals surface area contributed by atoms with Crippen LogP contribution in [0.25, 0.3) is 0 Å². The van der Waals surface area contributed by atoms with Gasteiger partial charge in [-0.05, 0) is 25.0 Å². The summed E-state index contributed by atoms with van der Waals surface area (Å²) in [5, 5.41) is 10.6. The predicted molar refractivity (Wildman–Crippen MR) is 79.9 cm³/mol. The number of benzene rings is 1. The third-order valence-corrected chi connectivity index (χ3v) is 3.79. The van der Waals surface area contributed by atoms with Gasteiger partial charge in [-0.25, -0.2) is 0 Å². The minimum Gasteiger partial charge on any atom is -0.484 e. The number of esters is 1. The molecule has 0 aromatic heterocycles. The minimum atomic E-state index is -0.500. The normalized spacial score (nSPS) is 15.1. The molecule has 0 bridgehead atoms. The zero-order valence-corrected chi connectivity index (χ0v) is 12.8. The summed E-state index contributed by atoms with van der Waals surface area (Å²) in [6.07, 6.45) is 1.16. The maximum absolute atomic E-state index is 12.1. The average molecular weight is 322 g/mol. The van der Waals surface area contributed by atoms with Gasteiger partial charge in [0, 0.05) is 25.2 Å². The molecular formula is C15H18N2O6. The van der Waals surface area contributed by atoms with Crippen molar-refractivity contribution in [3.05, 3.63) is 34.4 Å². The highest BCUT2D eigenvalue weighted by Crippen LogP contribution is 2.20. The van der Waals surface area contributed by atoms with Crippen molar-refractivity contribution in [1.29, 1.82) is 0 Å². The fraction of sp³-hybridized carbons (Fsp3) is 0.467. The Labute approximate surface area is 133 Å². The first-order valence-electron chi connectivity index (χ1n) is 7.24. The number of ether oxygens (including phenoxy) is 2. The van der Waals surface area contributed by atoms with Crippen molar-refractivity contribution in [3.8, 4) is 5.75 Å². The summed E-state index contributed by atoms with van der Waals surface area (Å²) in [5.74, 6) is -0.168. The number of rotatable bonds is 5. The second-order valence-electron chi connectivity index (χ2n) is 5.22. The summed E-state index contributed by atoms with van der Waals surface area (Å²) in [6, 6.07) is 5.55. The van der Waals surface area contributed by atoms with Crippen LogP contribution in [-0.4, -0.2) is 48.5 Å². The quantitative estimate of drug-likeness (QED) is 0.461. The Morgan fingerprint density at radius 3 is 2.39 bits per heavy atom. The van der Waals surface area contributed by atoms with E-state index in [1.54, 1.807) is 4.90 Å². The summed E-state index contributed by atoms with van der Waals surface area (Å²) in [4.78, 5) is 35.2. The number of hydrogen-bond donors (Lipinski definition) is 0. The Balaban J connectivity index is 1.79. The van der Waals surface area contributed by atoms with E-state index in [2.05, 4.69) is 0 Å². The molecule has 0 saturated carbocycles. The third kappa shape index (κ3) is 4.41. The van der Waals surface area contributed by atoms with E-state index >= 15 is 0 Å². The summed E-state index contributed by atoms with van der Waals surface area (Å²) >= 11 is 0. The maximum Gasteiger partial charge on any atom is 0.308 e. The summed E-state index contributed by atoms with van der Waals surface area (Å²) in [6.45, 7) is 0.838. The molecule has 1 aromatic carbocycles. The molecule has 0 spiro atoms. The van der Waals surface area contributed by atoms with Gasteiger partial charge in [0.1, 0.15) is 5.75 Å².